The van der Waals surface area contributed by atoms with E-state index in [1.165, 1.54) is 10.9 Å². The highest BCUT2D eigenvalue weighted by Crippen LogP contribution is 2.34. The fourth-order valence-corrected chi connectivity index (χ4v) is 3.01. The van der Waals surface area contributed by atoms with Gasteiger partial charge in [0.25, 0.3) is 0 Å². The van der Waals surface area contributed by atoms with E-state index in [0.29, 0.717) is 0 Å². The van der Waals surface area contributed by atoms with E-state index in [9.17, 15) is 0 Å². The SMILES string of the molecule is CNCc1ccc(Br)cc1Oc1ccc2c(ccn2C)c1C. The van der Waals surface area contributed by atoms with Crippen LogP contribution in [0.4, 0.5) is 0 Å². The smallest absolute Gasteiger partial charge is 0.133 e. The van der Waals surface area contributed by atoms with E-state index in [2.05, 4.69) is 64.2 Å². The lowest BCUT2D eigenvalue weighted by Gasteiger charge is -2.14. The maximum Gasteiger partial charge on any atom is 0.133 e. The highest BCUT2D eigenvalue weighted by molar-refractivity contribution is 9.10. The van der Waals surface area contributed by atoms with Gasteiger partial charge in [0.1, 0.15) is 11.5 Å². The van der Waals surface area contributed by atoms with Gasteiger partial charge in [-0.15, -0.1) is 0 Å². The Morgan fingerprint density at radius 2 is 1.95 bits per heavy atom. The Labute approximate surface area is 139 Å². The van der Waals surface area contributed by atoms with E-state index >= 15 is 0 Å². The first-order chi connectivity index (χ1) is 10.6. The summed E-state index contributed by atoms with van der Waals surface area (Å²) >= 11 is 3.52. The number of aromatic nitrogens is 1. The average Bonchev–Trinajstić information content (AvgIpc) is 2.87. The number of hydrogen-bond donors (Lipinski definition) is 1. The molecule has 0 radical (unpaired) electrons. The predicted molar refractivity (Wildman–Crippen MR) is 94.6 cm³/mol. The summed E-state index contributed by atoms with van der Waals surface area (Å²) in [5, 5.41) is 4.41. The maximum atomic E-state index is 6.21. The van der Waals surface area contributed by atoms with Crippen molar-refractivity contribution in [1.82, 2.24) is 9.88 Å². The van der Waals surface area contributed by atoms with Gasteiger partial charge in [-0.3, -0.25) is 0 Å². The Morgan fingerprint density at radius 3 is 2.73 bits per heavy atom. The standard InChI is InChI=1S/C18H19BrN2O/c1-12-15-8-9-21(3)16(15)6-7-17(12)22-18-10-14(19)5-4-13(18)11-20-2/h4-10,20H,11H2,1-3H3. The zero-order chi connectivity index (χ0) is 15.7. The molecule has 3 aromatic rings. The molecular formula is C18H19BrN2O. The van der Waals surface area contributed by atoms with Gasteiger partial charge in [0.15, 0.2) is 0 Å². The first kappa shape index (κ1) is 15.1. The van der Waals surface area contributed by atoms with Crippen LogP contribution in [0.2, 0.25) is 0 Å². The molecule has 0 fully saturated rings. The Kier molecular flexibility index (Phi) is 4.23. The lowest BCUT2D eigenvalue weighted by Crippen LogP contribution is -2.06. The van der Waals surface area contributed by atoms with Gasteiger partial charge in [0.2, 0.25) is 0 Å². The number of halogens is 1. The number of benzene rings is 2. The van der Waals surface area contributed by atoms with E-state index in [-0.39, 0.29) is 0 Å². The normalized spacial score (nSPS) is 11.1. The number of aryl methyl sites for hydroxylation is 2. The Morgan fingerprint density at radius 1 is 1.14 bits per heavy atom. The van der Waals surface area contributed by atoms with Crippen molar-refractivity contribution in [2.24, 2.45) is 7.05 Å². The van der Waals surface area contributed by atoms with Gasteiger partial charge in [-0.25, -0.2) is 0 Å². The topological polar surface area (TPSA) is 26.2 Å². The first-order valence-electron chi connectivity index (χ1n) is 7.25. The summed E-state index contributed by atoms with van der Waals surface area (Å²) in [6, 6.07) is 12.4. The van der Waals surface area contributed by atoms with Gasteiger partial charge in [-0.1, -0.05) is 22.0 Å². The van der Waals surface area contributed by atoms with Crippen LogP contribution in [-0.4, -0.2) is 11.6 Å². The Hall–Kier alpha value is -1.78. The minimum absolute atomic E-state index is 0.773. The molecule has 1 N–H and O–H groups in total. The molecule has 0 amide bonds. The highest BCUT2D eigenvalue weighted by atomic mass is 79.9. The third-order valence-electron chi connectivity index (χ3n) is 3.90. The molecule has 0 saturated carbocycles. The van der Waals surface area contributed by atoms with Gasteiger partial charge in [-0.2, -0.15) is 0 Å². The summed E-state index contributed by atoms with van der Waals surface area (Å²) in [4.78, 5) is 0. The molecule has 3 nitrogen and oxygen atoms in total. The van der Waals surface area contributed by atoms with Crippen molar-refractivity contribution in [3.63, 3.8) is 0 Å². The van der Waals surface area contributed by atoms with Crippen LogP contribution < -0.4 is 10.1 Å². The highest BCUT2D eigenvalue weighted by Gasteiger charge is 2.10. The van der Waals surface area contributed by atoms with Gasteiger partial charge < -0.3 is 14.6 Å². The molecule has 0 aliphatic rings. The fraction of sp³-hybridized carbons (Fsp3) is 0.222. The second kappa shape index (κ2) is 6.15. The zero-order valence-electron chi connectivity index (χ0n) is 13.0. The summed E-state index contributed by atoms with van der Waals surface area (Å²) in [5.41, 5.74) is 3.52. The minimum atomic E-state index is 0.773. The molecule has 4 heteroatoms. The number of nitrogens with one attached hydrogen (secondary N) is 1. The molecular weight excluding hydrogens is 340 g/mol. The van der Waals surface area contributed by atoms with E-state index in [1.54, 1.807) is 0 Å². The molecule has 0 saturated heterocycles. The Balaban J connectivity index is 2.03. The molecule has 0 aliphatic heterocycles. The number of hydrogen-bond acceptors (Lipinski definition) is 2. The van der Waals surface area contributed by atoms with Crippen LogP contribution in [0.5, 0.6) is 11.5 Å². The van der Waals surface area contributed by atoms with E-state index < -0.39 is 0 Å². The van der Waals surface area contributed by atoms with Crippen LogP contribution in [0.3, 0.4) is 0 Å². The first-order valence-corrected chi connectivity index (χ1v) is 8.05. The third kappa shape index (κ3) is 2.76. The summed E-state index contributed by atoms with van der Waals surface area (Å²) in [6.07, 6.45) is 2.08. The predicted octanol–water partition coefficient (Wildman–Crippen LogP) is 4.76. The van der Waals surface area contributed by atoms with E-state index in [0.717, 1.165) is 33.6 Å². The summed E-state index contributed by atoms with van der Waals surface area (Å²) < 4.78 is 9.35. The maximum absolute atomic E-state index is 6.21. The van der Waals surface area contributed by atoms with Crippen molar-refractivity contribution < 1.29 is 4.74 Å². The van der Waals surface area contributed by atoms with Crippen molar-refractivity contribution in [2.45, 2.75) is 13.5 Å². The van der Waals surface area contributed by atoms with Crippen LogP contribution >= 0.6 is 15.9 Å². The molecule has 22 heavy (non-hydrogen) atoms. The summed E-state index contributed by atoms with van der Waals surface area (Å²) in [6.45, 7) is 2.88. The molecule has 0 atom stereocenters. The summed E-state index contributed by atoms with van der Waals surface area (Å²) in [5.74, 6) is 1.77. The van der Waals surface area contributed by atoms with Gasteiger partial charge in [0.05, 0.1) is 0 Å². The second-order valence-corrected chi connectivity index (χ2v) is 6.35. The molecule has 1 heterocycles. The lowest BCUT2D eigenvalue weighted by molar-refractivity contribution is 0.471. The molecule has 2 aromatic carbocycles. The molecule has 0 spiro atoms. The van der Waals surface area contributed by atoms with Gasteiger partial charge in [0, 0.05) is 46.3 Å². The average molecular weight is 359 g/mol. The molecule has 0 unspecified atom stereocenters. The molecule has 3 rings (SSSR count). The molecule has 114 valence electrons. The van der Waals surface area contributed by atoms with Crippen LogP contribution in [-0.2, 0) is 13.6 Å². The van der Waals surface area contributed by atoms with Crippen LogP contribution in [0, 0.1) is 6.92 Å². The second-order valence-electron chi connectivity index (χ2n) is 5.43. The quantitative estimate of drug-likeness (QED) is 0.727. The van der Waals surface area contributed by atoms with Crippen molar-refractivity contribution in [3.05, 3.63) is 58.2 Å². The van der Waals surface area contributed by atoms with Crippen molar-refractivity contribution in [1.29, 1.82) is 0 Å². The fourth-order valence-electron chi connectivity index (χ4n) is 2.67. The van der Waals surface area contributed by atoms with Gasteiger partial charge in [-0.05, 0) is 44.3 Å². The number of nitrogens with zero attached hydrogens (tertiary/aromatic N) is 1. The lowest BCUT2D eigenvalue weighted by atomic mass is 10.1. The van der Waals surface area contributed by atoms with Crippen molar-refractivity contribution >= 4 is 26.8 Å². The largest absolute Gasteiger partial charge is 0.457 e. The van der Waals surface area contributed by atoms with Crippen LogP contribution in [0.25, 0.3) is 10.9 Å². The molecule has 0 aliphatic carbocycles. The van der Waals surface area contributed by atoms with E-state index in [1.807, 2.05) is 25.2 Å². The minimum Gasteiger partial charge on any atom is -0.457 e. The van der Waals surface area contributed by atoms with Crippen molar-refractivity contribution in [2.75, 3.05) is 7.05 Å². The van der Waals surface area contributed by atoms with E-state index in [4.69, 9.17) is 4.74 Å². The summed E-state index contributed by atoms with van der Waals surface area (Å²) in [7, 11) is 3.99. The number of rotatable bonds is 4. The monoisotopic (exact) mass is 358 g/mol. The number of fused-ring (bicyclic) bond motifs is 1. The van der Waals surface area contributed by atoms with Crippen molar-refractivity contribution in [3.8, 4) is 11.5 Å². The Bertz CT molecular complexity index is 823. The zero-order valence-corrected chi connectivity index (χ0v) is 14.6. The third-order valence-corrected chi connectivity index (χ3v) is 4.40. The number of ether oxygens (including phenoxy) is 1. The molecule has 1 aromatic heterocycles. The molecule has 0 bridgehead atoms. The van der Waals surface area contributed by atoms with Crippen LogP contribution in [0.15, 0.2) is 47.1 Å². The van der Waals surface area contributed by atoms with Crippen LogP contribution in [0.1, 0.15) is 11.1 Å². The van der Waals surface area contributed by atoms with Gasteiger partial charge >= 0.3 is 0 Å².